The van der Waals surface area contributed by atoms with E-state index in [-0.39, 0.29) is 5.75 Å². The number of carbonyl (C=O) groups is 1. The van der Waals surface area contributed by atoms with Crippen LogP contribution in [0.4, 0.5) is 10.5 Å². The Bertz CT molecular complexity index is 618. The van der Waals surface area contributed by atoms with Crippen molar-refractivity contribution in [1.82, 2.24) is 4.98 Å². The first-order valence-electron chi connectivity index (χ1n) is 5.93. The van der Waals surface area contributed by atoms with Crippen LogP contribution in [0.15, 0.2) is 30.5 Å². The number of rotatable bonds is 1. The molecular weight excluding hydrogens is 244 g/mol. The predicted molar refractivity (Wildman–Crippen MR) is 73.3 cm³/mol. The van der Waals surface area contributed by atoms with E-state index in [1.807, 2.05) is 0 Å². The number of aromatic nitrogens is 1. The van der Waals surface area contributed by atoms with Gasteiger partial charge >= 0.3 is 6.09 Å². The van der Waals surface area contributed by atoms with E-state index in [0.717, 1.165) is 0 Å². The van der Waals surface area contributed by atoms with Gasteiger partial charge in [-0.2, -0.15) is 0 Å². The Morgan fingerprint density at radius 1 is 1.32 bits per heavy atom. The minimum Gasteiger partial charge on any atom is -0.506 e. The lowest BCUT2D eigenvalue weighted by atomic mass is 10.1. The molecule has 0 bridgehead atoms. The van der Waals surface area contributed by atoms with Gasteiger partial charge in [-0.3, -0.25) is 10.3 Å². The van der Waals surface area contributed by atoms with E-state index >= 15 is 0 Å². The number of hydrogen-bond donors (Lipinski definition) is 2. The van der Waals surface area contributed by atoms with Crippen molar-refractivity contribution in [3.05, 3.63) is 30.5 Å². The molecule has 2 rings (SSSR count). The number of hydrogen-bond acceptors (Lipinski definition) is 4. The largest absolute Gasteiger partial charge is 0.506 e. The molecule has 0 fully saturated rings. The van der Waals surface area contributed by atoms with Gasteiger partial charge in [-0.25, -0.2) is 4.79 Å². The number of benzene rings is 1. The summed E-state index contributed by atoms with van der Waals surface area (Å²) < 4.78 is 5.19. The van der Waals surface area contributed by atoms with Gasteiger partial charge in [-0.05, 0) is 45.0 Å². The Kier molecular flexibility index (Phi) is 3.29. The summed E-state index contributed by atoms with van der Waals surface area (Å²) in [7, 11) is 0. The average Bonchev–Trinajstić information content (AvgIpc) is 2.31. The fourth-order valence-electron chi connectivity index (χ4n) is 1.68. The standard InChI is InChI=1S/C14H16N2O3/c1-14(2,3)19-13(18)16-10-6-7-11(17)12-9(10)5-4-8-15-12/h4-8,17H,1-3H3,(H,16,18). The fourth-order valence-corrected chi connectivity index (χ4v) is 1.68. The predicted octanol–water partition coefficient (Wildman–Crippen LogP) is 3.29. The van der Waals surface area contributed by atoms with Gasteiger partial charge < -0.3 is 9.84 Å². The molecule has 1 aromatic carbocycles. The van der Waals surface area contributed by atoms with Gasteiger partial charge in [0, 0.05) is 11.6 Å². The minimum absolute atomic E-state index is 0.0744. The molecule has 0 aliphatic carbocycles. The Morgan fingerprint density at radius 2 is 2.05 bits per heavy atom. The zero-order chi connectivity index (χ0) is 14.0. The molecule has 0 spiro atoms. The van der Waals surface area contributed by atoms with Crippen LogP contribution < -0.4 is 5.32 Å². The van der Waals surface area contributed by atoms with Crippen LogP contribution in [0.25, 0.3) is 10.9 Å². The number of phenolic OH excluding ortho intramolecular Hbond substituents is 1. The van der Waals surface area contributed by atoms with Crippen LogP contribution in [0.1, 0.15) is 20.8 Å². The molecule has 0 aliphatic heterocycles. The lowest BCUT2D eigenvalue weighted by Gasteiger charge is -2.20. The third-order valence-electron chi connectivity index (χ3n) is 2.38. The zero-order valence-corrected chi connectivity index (χ0v) is 11.1. The molecule has 100 valence electrons. The molecule has 0 unspecified atom stereocenters. The van der Waals surface area contributed by atoms with Crippen molar-refractivity contribution in [3.8, 4) is 5.75 Å². The third kappa shape index (κ3) is 3.13. The maximum absolute atomic E-state index is 11.7. The van der Waals surface area contributed by atoms with Crippen molar-refractivity contribution in [2.75, 3.05) is 5.32 Å². The summed E-state index contributed by atoms with van der Waals surface area (Å²) in [5.74, 6) is 0.0744. The highest BCUT2D eigenvalue weighted by Gasteiger charge is 2.17. The summed E-state index contributed by atoms with van der Waals surface area (Å²) in [6.45, 7) is 5.38. The number of nitrogens with zero attached hydrogens (tertiary/aromatic N) is 1. The topological polar surface area (TPSA) is 71.5 Å². The number of anilines is 1. The van der Waals surface area contributed by atoms with Crippen LogP contribution in [-0.4, -0.2) is 21.8 Å². The molecule has 19 heavy (non-hydrogen) atoms. The van der Waals surface area contributed by atoms with Crippen LogP contribution in [0.2, 0.25) is 0 Å². The van der Waals surface area contributed by atoms with E-state index in [9.17, 15) is 9.90 Å². The Morgan fingerprint density at radius 3 is 2.74 bits per heavy atom. The monoisotopic (exact) mass is 260 g/mol. The molecular formula is C14H16N2O3. The maximum Gasteiger partial charge on any atom is 0.412 e. The Balaban J connectivity index is 2.31. The summed E-state index contributed by atoms with van der Waals surface area (Å²) in [6.07, 6.45) is 1.04. The van der Waals surface area contributed by atoms with Crippen molar-refractivity contribution in [2.24, 2.45) is 0 Å². The molecule has 5 nitrogen and oxygen atoms in total. The summed E-state index contributed by atoms with van der Waals surface area (Å²) >= 11 is 0. The van der Waals surface area contributed by atoms with Crippen molar-refractivity contribution in [3.63, 3.8) is 0 Å². The summed E-state index contributed by atoms with van der Waals surface area (Å²) in [5, 5.41) is 13.0. The Labute approximate surface area is 111 Å². The number of fused-ring (bicyclic) bond motifs is 1. The minimum atomic E-state index is -0.560. The zero-order valence-electron chi connectivity index (χ0n) is 11.1. The molecule has 0 saturated heterocycles. The van der Waals surface area contributed by atoms with E-state index in [1.54, 1.807) is 45.2 Å². The molecule has 1 aromatic heterocycles. The van der Waals surface area contributed by atoms with Crippen LogP contribution >= 0.6 is 0 Å². The number of ether oxygens (including phenoxy) is 1. The van der Waals surface area contributed by atoms with E-state index in [1.165, 1.54) is 6.07 Å². The van der Waals surface area contributed by atoms with Crippen molar-refractivity contribution < 1.29 is 14.6 Å². The average molecular weight is 260 g/mol. The van der Waals surface area contributed by atoms with Gasteiger partial charge in [-0.15, -0.1) is 0 Å². The second-order valence-corrected chi connectivity index (χ2v) is 5.16. The molecule has 2 N–H and O–H groups in total. The molecule has 5 heteroatoms. The van der Waals surface area contributed by atoms with Crippen LogP contribution in [0.3, 0.4) is 0 Å². The summed E-state index contributed by atoms with van der Waals surface area (Å²) in [4.78, 5) is 15.8. The summed E-state index contributed by atoms with van der Waals surface area (Å²) in [5.41, 5.74) is 0.431. The van der Waals surface area contributed by atoms with Gasteiger partial charge in [0.25, 0.3) is 0 Å². The third-order valence-corrected chi connectivity index (χ3v) is 2.38. The number of nitrogens with one attached hydrogen (secondary N) is 1. The lowest BCUT2D eigenvalue weighted by molar-refractivity contribution is 0.0636. The molecule has 0 atom stereocenters. The number of aromatic hydroxyl groups is 1. The highest BCUT2D eigenvalue weighted by Crippen LogP contribution is 2.29. The maximum atomic E-state index is 11.7. The molecule has 0 radical (unpaired) electrons. The van der Waals surface area contributed by atoms with Gasteiger partial charge in [0.1, 0.15) is 16.9 Å². The van der Waals surface area contributed by atoms with Gasteiger partial charge in [0.2, 0.25) is 0 Å². The smallest absolute Gasteiger partial charge is 0.412 e. The van der Waals surface area contributed by atoms with Crippen LogP contribution in [0, 0.1) is 0 Å². The van der Waals surface area contributed by atoms with Crippen LogP contribution in [-0.2, 0) is 4.74 Å². The number of pyridine rings is 1. The van der Waals surface area contributed by atoms with Crippen LogP contribution in [0.5, 0.6) is 5.75 Å². The molecule has 1 heterocycles. The number of amides is 1. The fraction of sp³-hybridized carbons (Fsp3) is 0.286. The van der Waals surface area contributed by atoms with Crippen molar-refractivity contribution in [1.29, 1.82) is 0 Å². The molecule has 1 amide bonds. The number of phenols is 1. The second kappa shape index (κ2) is 4.76. The molecule has 0 aliphatic rings. The van der Waals surface area contributed by atoms with Crippen molar-refractivity contribution >= 4 is 22.7 Å². The second-order valence-electron chi connectivity index (χ2n) is 5.16. The highest BCUT2D eigenvalue weighted by molar-refractivity contribution is 6.00. The van der Waals surface area contributed by atoms with E-state index in [2.05, 4.69) is 10.3 Å². The number of carbonyl (C=O) groups excluding carboxylic acids is 1. The van der Waals surface area contributed by atoms with E-state index in [4.69, 9.17) is 4.74 Å². The van der Waals surface area contributed by atoms with Gasteiger partial charge in [-0.1, -0.05) is 0 Å². The quantitative estimate of drug-likeness (QED) is 0.772. The van der Waals surface area contributed by atoms with Crippen molar-refractivity contribution in [2.45, 2.75) is 26.4 Å². The lowest BCUT2D eigenvalue weighted by Crippen LogP contribution is -2.27. The highest BCUT2D eigenvalue weighted by atomic mass is 16.6. The Hall–Kier alpha value is -2.30. The van der Waals surface area contributed by atoms with E-state index in [0.29, 0.717) is 16.6 Å². The SMILES string of the molecule is CC(C)(C)OC(=O)Nc1ccc(O)c2ncccc12. The molecule has 2 aromatic rings. The molecule has 0 saturated carbocycles. The first-order valence-corrected chi connectivity index (χ1v) is 5.93. The first kappa shape index (κ1) is 13.1. The van der Waals surface area contributed by atoms with Gasteiger partial charge in [0.05, 0.1) is 5.69 Å². The normalized spacial score (nSPS) is 11.3. The first-order chi connectivity index (χ1) is 8.87. The van der Waals surface area contributed by atoms with Gasteiger partial charge in [0.15, 0.2) is 0 Å². The summed E-state index contributed by atoms with van der Waals surface area (Å²) in [6, 6.07) is 6.61. The van der Waals surface area contributed by atoms with E-state index < -0.39 is 11.7 Å².